The van der Waals surface area contributed by atoms with Crippen molar-refractivity contribution in [1.29, 1.82) is 0 Å². The second kappa shape index (κ2) is 32.5. The Morgan fingerprint density at radius 2 is 1.20 bits per heavy atom. The van der Waals surface area contributed by atoms with Crippen LogP contribution < -0.4 is 21.3 Å². The van der Waals surface area contributed by atoms with Crippen molar-refractivity contribution in [2.45, 2.75) is 82.7 Å². The fourth-order valence-electron chi connectivity index (χ4n) is 8.24. The molecule has 41 nitrogen and oxygen atoms in total. The molecule has 7 rings (SSSR count). The molecule has 2 aliphatic rings. The van der Waals surface area contributed by atoms with Gasteiger partial charge in [-0.25, -0.2) is 37.2 Å². The van der Waals surface area contributed by atoms with E-state index in [-0.39, 0.29) is 78.0 Å². The van der Waals surface area contributed by atoms with Crippen LogP contribution in [0.5, 0.6) is 5.88 Å². The van der Waals surface area contributed by atoms with Crippen molar-refractivity contribution >= 4 is 105 Å². The number of ether oxygens (including phenoxy) is 5. The molecule has 5 aromatic rings. The topological polar surface area (TPSA) is 580 Å². The number of carbonyl (C=O) groups is 1. The number of phosphoric ester groups is 2. The summed E-state index contributed by atoms with van der Waals surface area (Å²) in [4.78, 5) is 148. The number of rotatable bonds is 33. The van der Waals surface area contributed by atoms with Gasteiger partial charge in [-0.05, 0) is 43.7 Å². The van der Waals surface area contributed by atoms with E-state index in [1.165, 1.54) is 71.3 Å². The molecule has 504 valence electrons. The summed E-state index contributed by atoms with van der Waals surface area (Å²) in [6, 6.07) is 11.4. The van der Waals surface area contributed by atoms with Crippen molar-refractivity contribution in [3.8, 4) is 5.88 Å². The van der Waals surface area contributed by atoms with E-state index in [0.29, 0.717) is 24.3 Å². The molecule has 2 aromatic carbocycles. The highest BCUT2D eigenvalue weighted by Crippen LogP contribution is 2.67. The molecule has 2 saturated heterocycles. The van der Waals surface area contributed by atoms with Gasteiger partial charge < -0.3 is 62.8 Å². The lowest BCUT2D eigenvalue weighted by atomic mass is 10.1. The summed E-state index contributed by atoms with van der Waals surface area (Å²) < 4.78 is 126. The van der Waals surface area contributed by atoms with Crippen LogP contribution >= 0.6 is 70.5 Å². The summed E-state index contributed by atoms with van der Waals surface area (Å²) >= 11 is 3.10. The van der Waals surface area contributed by atoms with Crippen molar-refractivity contribution < 1.29 is 131 Å². The first kappa shape index (κ1) is 75.1. The predicted octanol–water partition coefficient (Wildman–Crippen LogP) is 4.74. The van der Waals surface area contributed by atoms with Crippen molar-refractivity contribution in [1.82, 2.24) is 29.1 Å². The van der Waals surface area contributed by atoms with E-state index in [9.17, 15) is 81.6 Å². The minimum atomic E-state index is -5.81. The van der Waals surface area contributed by atoms with Gasteiger partial charge in [-0.1, -0.05) is 24.3 Å². The van der Waals surface area contributed by atoms with Gasteiger partial charge in [0.05, 0.1) is 72.5 Å². The van der Waals surface area contributed by atoms with Crippen LogP contribution in [-0.4, -0.2) is 152 Å². The average molecular weight is 1450 g/mol. The number of amides is 1. The maximum Gasteiger partial charge on any atom is 0.490 e. The van der Waals surface area contributed by atoms with E-state index in [0.717, 1.165) is 10.3 Å². The molecule has 0 aliphatic carbocycles. The molecule has 2 aliphatic heterocycles. The third-order valence-corrected chi connectivity index (χ3v) is 20.8. The number of hydrogen-bond acceptors (Lipinski definition) is 29. The Hall–Kier alpha value is -4.90. The maximum absolute atomic E-state index is 12.8. The molecule has 91 heavy (non-hydrogen) atoms. The molecule has 2 fully saturated rings. The SMILES string of the molecule is CSCCCC(=O)Nc1nc2c(ncn2C2CC(OCc3ccccc3[N+](=O)[O-])C(COP(=O)(O)OP(=O)(O)OP(=O)(O)O)O2)c(=O)[nH]1.CSCCOc1nc(=O)n(C2CC(OCc3ccccc3[N+](=O)[O-])C(COP(=O)(O)OP(=O)(O)OP(=O)(O)O)O2)cc1C. The van der Waals surface area contributed by atoms with Crippen molar-refractivity contribution in [2.24, 2.45) is 0 Å². The number of H-pyrrole nitrogens is 1. The monoisotopic (exact) mass is 1450 g/mol. The first-order valence-electron chi connectivity index (χ1n) is 25.5. The number of benzene rings is 2. The smallest absolute Gasteiger partial charge is 0.476 e. The lowest BCUT2D eigenvalue weighted by molar-refractivity contribution is -0.386. The van der Waals surface area contributed by atoms with Crippen LogP contribution in [0.3, 0.4) is 0 Å². The van der Waals surface area contributed by atoms with Gasteiger partial charge >= 0.3 is 52.6 Å². The lowest BCUT2D eigenvalue weighted by Gasteiger charge is -2.21. The van der Waals surface area contributed by atoms with Crippen LogP contribution in [-0.2, 0) is 90.6 Å². The molecule has 5 heterocycles. The number of aryl methyl sites for hydroxylation is 1. The molecule has 0 bridgehead atoms. The van der Waals surface area contributed by atoms with Crippen molar-refractivity contribution in [3.05, 3.63) is 119 Å². The number of aromatic nitrogens is 6. The summed E-state index contributed by atoms with van der Waals surface area (Å²) in [7, 11) is -33.9. The van der Waals surface area contributed by atoms with Crippen LogP contribution in [0, 0.1) is 27.2 Å². The van der Waals surface area contributed by atoms with Gasteiger partial charge in [-0.3, -0.25) is 58.3 Å². The highest BCUT2D eigenvalue weighted by atomic mass is 32.2. The number of aromatic amines is 1. The minimum absolute atomic E-state index is 0.0332. The van der Waals surface area contributed by atoms with E-state index in [1.54, 1.807) is 24.8 Å². The zero-order valence-electron chi connectivity index (χ0n) is 47.0. The summed E-state index contributed by atoms with van der Waals surface area (Å²) in [6.07, 6.45) is 0.121. The number of para-hydroxylation sites is 2. The molecule has 1 amide bonds. The van der Waals surface area contributed by atoms with Crippen LogP contribution in [0.25, 0.3) is 11.2 Å². The van der Waals surface area contributed by atoms with Gasteiger partial charge in [-0.15, -0.1) is 0 Å². The van der Waals surface area contributed by atoms with E-state index < -0.39 is 124 Å². The van der Waals surface area contributed by atoms with Crippen LogP contribution in [0.1, 0.15) is 54.8 Å². The Morgan fingerprint density at radius 1 is 0.714 bits per heavy atom. The van der Waals surface area contributed by atoms with Crippen LogP contribution in [0.4, 0.5) is 17.3 Å². The predicted molar refractivity (Wildman–Crippen MR) is 312 cm³/mol. The number of carbonyl (C=O) groups excluding carboxylic acids is 1. The van der Waals surface area contributed by atoms with Gasteiger partial charge in [0, 0.05) is 48.9 Å². The van der Waals surface area contributed by atoms with Gasteiger partial charge in [0.25, 0.3) is 16.9 Å². The molecule has 3 aromatic heterocycles. The molecule has 0 saturated carbocycles. The Bertz CT molecular complexity index is 3840. The fourth-order valence-corrected chi connectivity index (χ4v) is 15.0. The number of anilines is 1. The van der Waals surface area contributed by atoms with E-state index >= 15 is 0 Å². The van der Waals surface area contributed by atoms with Crippen molar-refractivity contribution in [3.63, 3.8) is 0 Å². The zero-order chi connectivity index (χ0) is 67.3. The number of nitro groups is 2. The fraction of sp³-hybridized carbons (Fsp3) is 0.476. The Kier molecular flexibility index (Phi) is 26.8. The van der Waals surface area contributed by atoms with Crippen LogP contribution in [0.15, 0.2) is 70.6 Å². The summed E-state index contributed by atoms with van der Waals surface area (Å²) in [5, 5.41) is 25.4. The highest BCUT2D eigenvalue weighted by Gasteiger charge is 2.46. The maximum atomic E-state index is 12.8. The molecule has 10 N–H and O–H groups in total. The summed E-state index contributed by atoms with van der Waals surface area (Å²) in [6.45, 7) is -0.500. The Labute approximate surface area is 519 Å². The number of hydrogen-bond donors (Lipinski definition) is 10. The Morgan fingerprint density at radius 3 is 1.67 bits per heavy atom. The van der Waals surface area contributed by atoms with Gasteiger partial charge in [0.15, 0.2) is 11.2 Å². The van der Waals surface area contributed by atoms with Gasteiger partial charge in [0.2, 0.25) is 17.7 Å². The second-order valence-corrected chi connectivity index (χ2v) is 29.4. The van der Waals surface area contributed by atoms with Gasteiger partial charge in [0.1, 0.15) is 24.7 Å². The first-order chi connectivity index (χ1) is 42.5. The number of imidazole rings is 1. The largest absolute Gasteiger partial charge is 0.490 e. The number of nitrogens with zero attached hydrogens (tertiary/aromatic N) is 7. The number of thioether (sulfide) groups is 2. The number of phosphoric acid groups is 6. The van der Waals surface area contributed by atoms with Crippen molar-refractivity contribution in [2.75, 3.05) is 49.2 Å². The molecular formula is C42H57N9O32P6S2. The summed E-state index contributed by atoms with van der Waals surface area (Å²) in [5.74, 6) is 0.944. The number of nitro benzene ring substituents is 2. The highest BCUT2D eigenvalue weighted by molar-refractivity contribution is 7.98. The average Bonchev–Trinajstić information content (AvgIpc) is 1.72. The molecule has 10 atom stereocenters. The van der Waals surface area contributed by atoms with Gasteiger partial charge in [-0.2, -0.15) is 50.7 Å². The number of nitrogens with one attached hydrogen (secondary N) is 2. The molecule has 10 unspecified atom stereocenters. The normalized spacial score (nSPS) is 21.2. The van der Waals surface area contributed by atoms with E-state index in [1.807, 2.05) is 12.5 Å². The minimum Gasteiger partial charge on any atom is -0.476 e. The number of fused-ring (bicyclic) bond motifs is 1. The zero-order valence-corrected chi connectivity index (χ0v) is 54.0. The molecular weight excluding hydrogens is 1390 g/mol. The van der Waals surface area contributed by atoms with E-state index in [2.05, 4.69) is 42.5 Å². The second-order valence-electron chi connectivity index (χ2n) is 18.6. The first-order valence-corrected chi connectivity index (χ1v) is 37.3. The van der Waals surface area contributed by atoms with E-state index in [4.69, 9.17) is 52.3 Å². The summed E-state index contributed by atoms with van der Waals surface area (Å²) in [5.41, 5.74) is -1.28. The third-order valence-electron chi connectivity index (χ3n) is 12.0. The molecule has 0 radical (unpaired) electrons. The lowest BCUT2D eigenvalue weighted by Crippen LogP contribution is -2.29. The quantitative estimate of drug-likeness (QED) is 0.0117. The third kappa shape index (κ3) is 23.5. The molecule has 49 heteroatoms. The molecule has 0 spiro atoms. The standard InChI is InChI=1S/C22H29N6O16P3S.C20H28N3O16P3S/c1-48-8-4-7-17(29)24-22-25-20-19(21(30)26-22)23-12-27(20)18-9-15(40-10-13-5-2-3-6-14(13)28(31)32)16(42-18)11-41-46(36,37)44-47(38,39)43-45(33,34)35;1-13-10-22(20(24)21-19(13)34-7-8-43-2)18-9-16(35-11-14-5-3-4-6-15(14)23(25)26)17(37-18)12-36-41(30,31)39-42(32,33)38-40(27,28)29/h2-3,5-6,12,15-16,18H,4,7-11H2,1H3,(H,36,37)(H,38,39)(H2,33,34,35)(H2,24,25,26,29,30);3-6,10,16-18H,7-9,11-12H2,1-2H3,(H,30,31)(H,32,33)(H2,27,28,29). The Balaban J connectivity index is 0.000000291. The van der Waals surface area contributed by atoms with Crippen LogP contribution in [0.2, 0.25) is 0 Å².